The van der Waals surface area contributed by atoms with Gasteiger partial charge in [-0.25, -0.2) is 10.3 Å². The fourth-order valence-electron chi connectivity index (χ4n) is 10.5. The quantitative estimate of drug-likeness (QED) is 0.182. The van der Waals surface area contributed by atoms with Gasteiger partial charge in [-0.2, -0.15) is 4.99 Å². The molecule has 0 bridgehead atoms. The summed E-state index contributed by atoms with van der Waals surface area (Å²) in [7, 11) is 0. The molecule has 0 spiro atoms. The number of fused-ring (bicyclic) bond motifs is 9. The van der Waals surface area contributed by atoms with Crippen LogP contribution in [0.2, 0.25) is 0 Å². The van der Waals surface area contributed by atoms with Gasteiger partial charge < -0.3 is 9.47 Å². The molecule has 5 heteroatoms. The molecule has 1 aromatic heterocycles. The van der Waals surface area contributed by atoms with Gasteiger partial charge in [-0.3, -0.25) is 0 Å². The van der Waals surface area contributed by atoms with Gasteiger partial charge in [0.25, 0.3) is 5.84 Å². The van der Waals surface area contributed by atoms with Gasteiger partial charge in [0.2, 0.25) is 12.0 Å². The smallest absolute Gasteiger partial charge is 0.283 e. The lowest BCUT2D eigenvalue weighted by molar-refractivity contribution is -0.510. The minimum absolute atomic E-state index is 0.157. The lowest BCUT2D eigenvalue weighted by Crippen LogP contribution is -2.80. The van der Waals surface area contributed by atoms with E-state index >= 15 is 0 Å². The number of para-hydroxylation sites is 3. The van der Waals surface area contributed by atoms with Crippen LogP contribution >= 0.6 is 0 Å². The van der Waals surface area contributed by atoms with Crippen LogP contribution in [-0.4, -0.2) is 22.3 Å². The number of allylic oxidation sites excluding steroid dienone is 2. The van der Waals surface area contributed by atoms with Crippen molar-refractivity contribution in [1.29, 1.82) is 0 Å². The number of amidine groups is 2. The van der Waals surface area contributed by atoms with E-state index in [4.69, 9.17) is 4.99 Å². The third-order valence-electron chi connectivity index (χ3n) is 13.2. The minimum atomic E-state index is -0.420. The first-order valence-electron chi connectivity index (χ1n) is 21.5. The standard InChI is InChI=1S/C57H39N5/c1-4-22-39-36(17-1)20-15-29-44(39)55-58-56(45-30-16-21-37-18-2-5-23-40(37)45)60-57(59-55)47-28-10-14-34-51(47)61-50-33-13-9-27-46(50)53-52(61)35-38-19-3-6-24-41(38)54(53)62-48-31-11-7-25-42(48)43-26-8-12-32-49(43)62/h1-35,42,48,57H,(H,58,59,60)/p+1. The van der Waals surface area contributed by atoms with Crippen molar-refractivity contribution in [3.05, 3.63) is 235 Å². The topological polar surface area (TPSA) is 46.5 Å². The van der Waals surface area contributed by atoms with Crippen LogP contribution in [0, 0.1) is 0 Å². The van der Waals surface area contributed by atoms with E-state index in [0.717, 1.165) is 50.5 Å². The van der Waals surface area contributed by atoms with Gasteiger partial charge in [-0.15, -0.1) is 0 Å². The molecule has 0 radical (unpaired) electrons. The molecule has 0 fully saturated rings. The largest absolute Gasteiger partial charge is 0.332 e. The second-order valence-electron chi connectivity index (χ2n) is 16.5. The summed E-state index contributed by atoms with van der Waals surface area (Å²) < 4.78 is 2.49. The van der Waals surface area contributed by atoms with E-state index in [1.165, 1.54) is 54.6 Å². The van der Waals surface area contributed by atoms with Crippen molar-refractivity contribution in [2.45, 2.75) is 18.1 Å². The lowest BCUT2D eigenvalue weighted by Gasteiger charge is -2.30. The summed E-state index contributed by atoms with van der Waals surface area (Å²) in [4.78, 5) is 12.2. The van der Waals surface area contributed by atoms with Crippen LogP contribution in [0.3, 0.4) is 0 Å². The Morgan fingerprint density at radius 1 is 0.484 bits per heavy atom. The first kappa shape index (κ1) is 34.8. The average molecular weight is 795 g/mol. The van der Waals surface area contributed by atoms with Gasteiger partial charge >= 0.3 is 0 Å². The highest BCUT2D eigenvalue weighted by atomic mass is 15.2. The summed E-state index contributed by atoms with van der Waals surface area (Å²) in [5.74, 6) is 2.02. The van der Waals surface area contributed by atoms with Crippen LogP contribution in [0.15, 0.2) is 217 Å². The second kappa shape index (κ2) is 13.8. The number of hydrogen-bond donors (Lipinski definition) is 2. The Labute approximate surface area is 358 Å². The molecule has 3 unspecified atom stereocenters. The van der Waals surface area contributed by atoms with E-state index in [1.807, 2.05) is 0 Å². The Hall–Kier alpha value is -8.02. The maximum absolute atomic E-state index is 5.60. The predicted octanol–water partition coefficient (Wildman–Crippen LogP) is 11.5. The van der Waals surface area contributed by atoms with Crippen molar-refractivity contribution in [3.8, 4) is 5.69 Å². The van der Waals surface area contributed by atoms with Crippen LogP contribution in [0.5, 0.6) is 0 Å². The van der Waals surface area contributed by atoms with E-state index in [2.05, 4.69) is 232 Å². The molecule has 3 atom stereocenters. The molecule has 10 aromatic rings. The Kier molecular flexibility index (Phi) is 7.73. The maximum atomic E-state index is 5.60. The Bertz CT molecular complexity index is 3500. The second-order valence-corrected chi connectivity index (χ2v) is 16.5. The fraction of sp³-hybridized carbons (Fsp3) is 0.0526. The number of aliphatic imine (C=N–C) groups is 1. The normalized spacial score (nSPS) is 18.0. The molecule has 2 aliphatic heterocycles. The van der Waals surface area contributed by atoms with Crippen molar-refractivity contribution < 1.29 is 4.99 Å². The summed E-state index contributed by atoms with van der Waals surface area (Å²) in [6, 6.07) is 68.3. The number of benzene rings is 9. The predicted molar refractivity (Wildman–Crippen MR) is 257 cm³/mol. The summed E-state index contributed by atoms with van der Waals surface area (Å²) in [6.45, 7) is 0. The Morgan fingerprint density at radius 3 is 1.89 bits per heavy atom. The van der Waals surface area contributed by atoms with Gasteiger partial charge in [0, 0.05) is 38.9 Å². The molecule has 292 valence electrons. The van der Waals surface area contributed by atoms with Crippen LogP contribution in [-0.2, 0) is 0 Å². The zero-order valence-corrected chi connectivity index (χ0v) is 33.8. The maximum Gasteiger partial charge on any atom is 0.283 e. The molecule has 3 heterocycles. The number of anilines is 2. The molecule has 1 aliphatic carbocycles. The Morgan fingerprint density at radius 2 is 1.08 bits per heavy atom. The van der Waals surface area contributed by atoms with Crippen molar-refractivity contribution in [1.82, 2.24) is 9.88 Å². The SMILES string of the molecule is C1=CC2c3ccccc3N(c3c4ccccc4cc4c3c3ccccc3n4-c3ccccc3C3N=C(c4cccc5ccccc45)NC(c4cccc5ccccc45)=[NH+]3)C2C=C1. The summed E-state index contributed by atoms with van der Waals surface area (Å²) in [5, 5.41) is 13.4. The molecule has 5 nitrogen and oxygen atoms in total. The molecular formula is C57H40N5+. The molecule has 0 saturated heterocycles. The first-order valence-corrected chi connectivity index (χ1v) is 21.5. The number of rotatable bonds is 5. The van der Waals surface area contributed by atoms with Crippen molar-refractivity contribution in [2.24, 2.45) is 4.99 Å². The Balaban J connectivity index is 1.08. The van der Waals surface area contributed by atoms with E-state index in [1.54, 1.807) is 0 Å². The molecule has 13 rings (SSSR count). The number of nitrogens with one attached hydrogen (secondary N) is 2. The van der Waals surface area contributed by atoms with Crippen molar-refractivity contribution in [2.75, 3.05) is 4.90 Å². The van der Waals surface area contributed by atoms with Crippen LogP contribution in [0.25, 0.3) is 59.8 Å². The van der Waals surface area contributed by atoms with Gasteiger partial charge in [-0.1, -0.05) is 176 Å². The molecule has 0 saturated carbocycles. The molecule has 0 amide bonds. The fourth-order valence-corrected chi connectivity index (χ4v) is 10.5. The van der Waals surface area contributed by atoms with E-state index in [0.29, 0.717) is 0 Å². The molecule has 9 aromatic carbocycles. The highest BCUT2D eigenvalue weighted by molar-refractivity contribution is 6.24. The first-order chi connectivity index (χ1) is 30.8. The van der Waals surface area contributed by atoms with Gasteiger partial charge in [0.15, 0.2) is 0 Å². The van der Waals surface area contributed by atoms with Crippen molar-refractivity contribution >= 4 is 77.2 Å². The monoisotopic (exact) mass is 794 g/mol. The van der Waals surface area contributed by atoms with Crippen LogP contribution < -0.4 is 15.2 Å². The number of hydrogen-bond acceptors (Lipinski definition) is 3. The average Bonchev–Trinajstić information content (AvgIpc) is 3.85. The highest BCUT2D eigenvalue weighted by Crippen LogP contribution is 2.53. The highest BCUT2D eigenvalue weighted by Gasteiger charge is 2.39. The van der Waals surface area contributed by atoms with Crippen LogP contribution in [0.4, 0.5) is 11.4 Å². The van der Waals surface area contributed by atoms with E-state index < -0.39 is 6.17 Å². The number of nitrogens with zero attached hydrogens (tertiary/aromatic N) is 3. The van der Waals surface area contributed by atoms with E-state index in [-0.39, 0.29) is 12.0 Å². The summed E-state index contributed by atoms with van der Waals surface area (Å²) >= 11 is 0. The third-order valence-corrected chi connectivity index (χ3v) is 13.2. The minimum Gasteiger partial charge on any atom is -0.332 e. The third kappa shape index (κ3) is 5.21. The molecule has 3 aliphatic rings. The summed E-state index contributed by atoms with van der Waals surface area (Å²) in [5.41, 5.74) is 10.5. The number of aromatic nitrogens is 1. The van der Waals surface area contributed by atoms with Gasteiger partial charge in [-0.05, 0) is 68.9 Å². The van der Waals surface area contributed by atoms with Gasteiger partial charge in [0.1, 0.15) is 0 Å². The molecule has 62 heavy (non-hydrogen) atoms. The zero-order chi connectivity index (χ0) is 40.7. The van der Waals surface area contributed by atoms with E-state index in [9.17, 15) is 0 Å². The molecular weight excluding hydrogens is 755 g/mol. The summed E-state index contributed by atoms with van der Waals surface area (Å²) in [6.07, 6.45) is 8.75. The lowest BCUT2D eigenvalue weighted by atomic mass is 9.91. The molecule has 2 N–H and O–H groups in total. The van der Waals surface area contributed by atoms with Crippen LogP contribution in [0.1, 0.15) is 34.3 Å². The van der Waals surface area contributed by atoms with Gasteiger partial charge in [0.05, 0.1) is 34.0 Å². The zero-order valence-electron chi connectivity index (χ0n) is 33.8. The van der Waals surface area contributed by atoms with Crippen molar-refractivity contribution in [3.63, 3.8) is 0 Å².